The van der Waals surface area contributed by atoms with E-state index in [2.05, 4.69) is 31.9 Å². The Balaban J connectivity index is 1.50. The molecule has 1 aliphatic rings. The van der Waals surface area contributed by atoms with Gasteiger partial charge >= 0.3 is 0 Å². The first-order valence-corrected chi connectivity index (χ1v) is 14.0. The summed E-state index contributed by atoms with van der Waals surface area (Å²) in [5, 5.41) is -0.327. The zero-order chi connectivity index (χ0) is 26.4. The Labute approximate surface area is 237 Å². The van der Waals surface area contributed by atoms with Gasteiger partial charge in [-0.15, -0.1) is 0 Å². The number of hydrogen-bond donors (Lipinski definition) is 0. The number of nitrogens with zero attached hydrogens (tertiary/aromatic N) is 1. The number of benzene rings is 3. The fourth-order valence-corrected chi connectivity index (χ4v) is 5.43. The van der Waals surface area contributed by atoms with E-state index in [-0.39, 0.29) is 24.3 Å². The lowest BCUT2D eigenvalue weighted by molar-refractivity contribution is -0.123. The van der Waals surface area contributed by atoms with Crippen LogP contribution in [0.4, 0.5) is 4.79 Å². The van der Waals surface area contributed by atoms with E-state index in [1.807, 2.05) is 68.4 Å². The Morgan fingerprint density at radius 3 is 2.46 bits per heavy atom. The van der Waals surface area contributed by atoms with Crippen LogP contribution in [0.15, 0.2) is 74.5 Å². The van der Waals surface area contributed by atoms with Crippen LogP contribution in [-0.2, 0) is 11.4 Å². The SMILES string of the molecule is CCOc1cc(/C=C2\SC(=O)N(CCOc3cccc(C)c3)C2=O)c(Br)c(Br)c1OCc1ccccc1. The van der Waals surface area contributed by atoms with E-state index in [1.165, 1.54) is 4.90 Å². The lowest BCUT2D eigenvalue weighted by atomic mass is 10.1. The summed E-state index contributed by atoms with van der Waals surface area (Å²) >= 11 is 8.12. The number of hydrogen-bond acceptors (Lipinski definition) is 6. The molecule has 0 N–H and O–H groups in total. The van der Waals surface area contributed by atoms with E-state index in [9.17, 15) is 9.59 Å². The van der Waals surface area contributed by atoms with Crippen molar-refractivity contribution < 1.29 is 23.8 Å². The van der Waals surface area contributed by atoms with Gasteiger partial charge in [-0.3, -0.25) is 14.5 Å². The minimum absolute atomic E-state index is 0.164. The minimum Gasteiger partial charge on any atom is -0.492 e. The van der Waals surface area contributed by atoms with E-state index < -0.39 is 0 Å². The number of rotatable bonds is 10. The minimum atomic E-state index is -0.353. The Morgan fingerprint density at radius 2 is 1.73 bits per heavy atom. The first-order valence-electron chi connectivity index (χ1n) is 11.6. The van der Waals surface area contributed by atoms with Gasteiger partial charge in [-0.25, -0.2) is 0 Å². The molecule has 0 aliphatic carbocycles. The number of aryl methyl sites for hydroxylation is 1. The van der Waals surface area contributed by atoms with Crippen molar-refractivity contribution in [3.8, 4) is 17.2 Å². The van der Waals surface area contributed by atoms with E-state index in [4.69, 9.17) is 14.2 Å². The predicted octanol–water partition coefficient (Wildman–Crippen LogP) is 7.61. The maximum Gasteiger partial charge on any atom is 0.293 e. The highest BCUT2D eigenvalue weighted by Crippen LogP contribution is 2.45. The van der Waals surface area contributed by atoms with Gasteiger partial charge in [-0.1, -0.05) is 42.5 Å². The Morgan fingerprint density at radius 1 is 0.946 bits per heavy atom. The van der Waals surface area contributed by atoms with E-state index in [0.29, 0.717) is 49.9 Å². The van der Waals surface area contributed by atoms with Crippen LogP contribution < -0.4 is 14.2 Å². The summed E-state index contributed by atoms with van der Waals surface area (Å²) in [5.41, 5.74) is 2.78. The van der Waals surface area contributed by atoms with Gasteiger partial charge in [0.1, 0.15) is 19.0 Å². The van der Waals surface area contributed by atoms with Gasteiger partial charge in [0.25, 0.3) is 11.1 Å². The van der Waals surface area contributed by atoms with Crippen LogP contribution in [0.2, 0.25) is 0 Å². The summed E-state index contributed by atoms with van der Waals surface area (Å²) in [5.74, 6) is 1.43. The molecular formula is C28H25Br2NO5S. The molecule has 0 radical (unpaired) electrons. The molecule has 192 valence electrons. The largest absolute Gasteiger partial charge is 0.492 e. The molecule has 1 saturated heterocycles. The third-order valence-corrected chi connectivity index (χ3v) is 8.47. The molecule has 6 nitrogen and oxygen atoms in total. The van der Waals surface area contributed by atoms with Crippen LogP contribution in [0, 0.1) is 6.92 Å². The number of ether oxygens (including phenoxy) is 3. The van der Waals surface area contributed by atoms with Gasteiger partial charge in [-0.2, -0.15) is 0 Å². The number of carbonyl (C=O) groups is 2. The summed E-state index contributed by atoms with van der Waals surface area (Å²) in [4.78, 5) is 27.1. The maximum absolute atomic E-state index is 13.0. The van der Waals surface area contributed by atoms with Crippen LogP contribution in [0.25, 0.3) is 6.08 Å². The second-order valence-electron chi connectivity index (χ2n) is 8.13. The lowest BCUT2D eigenvalue weighted by Gasteiger charge is -2.17. The Hall–Kier alpha value is -2.75. The summed E-state index contributed by atoms with van der Waals surface area (Å²) in [6, 6.07) is 19.3. The second kappa shape index (κ2) is 12.7. The molecule has 0 unspecified atom stereocenters. The van der Waals surface area contributed by atoms with E-state index in [1.54, 1.807) is 12.1 Å². The maximum atomic E-state index is 13.0. The molecule has 3 aromatic rings. The summed E-state index contributed by atoms with van der Waals surface area (Å²) in [6.45, 7) is 5.05. The van der Waals surface area contributed by atoms with E-state index in [0.717, 1.165) is 22.9 Å². The molecule has 0 atom stereocenters. The molecule has 0 aromatic heterocycles. The molecular weight excluding hydrogens is 622 g/mol. The zero-order valence-corrected chi connectivity index (χ0v) is 24.3. The highest BCUT2D eigenvalue weighted by molar-refractivity contribution is 9.13. The highest BCUT2D eigenvalue weighted by Gasteiger charge is 2.35. The van der Waals surface area contributed by atoms with Gasteiger partial charge in [0.05, 0.1) is 22.5 Å². The monoisotopic (exact) mass is 645 g/mol. The second-order valence-corrected chi connectivity index (χ2v) is 10.7. The van der Waals surface area contributed by atoms with Crippen LogP contribution in [0.5, 0.6) is 17.2 Å². The van der Waals surface area contributed by atoms with Crippen molar-refractivity contribution in [1.82, 2.24) is 4.90 Å². The van der Waals surface area contributed by atoms with E-state index >= 15 is 0 Å². The van der Waals surface area contributed by atoms with Gasteiger partial charge in [0.2, 0.25) is 0 Å². The van der Waals surface area contributed by atoms with Crippen LogP contribution in [-0.4, -0.2) is 35.8 Å². The van der Waals surface area contributed by atoms with Crippen molar-refractivity contribution in [2.75, 3.05) is 19.8 Å². The predicted molar refractivity (Wildman–Crippen MR) is 153 cm³/mol. The molecule has 0 saturated carbocycles. The normalized spacial score (nSPS) is 14.4. The molecule has 9 heteroatoms. The summed E-state index contributed by atoms with van der Waals surface area (Å²) < 4.78 is 19.0. The third-order valence-electron chi connectivity index (χ3n) is 5.42. The van der Waals surface area contributed by atoms with Gasteiger partial charge < -0.3 is 14.2 Å². The number of thioether (sulfide) groups is 1. The van der Waals surface area contributed by atoms with Crippen molar-refractivity contribution >= 4 is 60.8 Å². The first-order chi connectivity index (χ1) is 17.9. The fourth-order valence-electron chi connectivity index (χ4n) is 3.63. The van der Waals surface area contributed by atoms with Crippen LogP contribution in [0.3, 0.4) is 0 Å². The van der Waals surface area contributed by atoms with Crippen molar-refractivity contribution in [2.45, 2.75) is 20.5 Å². The third kappa shape index (κ3) is 6.77. The van der Waals surface area contributed by atoms with Gasteiger partial charge in [0.15, 0.2) is 11.5 Å². The number of halogens is 2. The highest BCUT2D eigenvalue weighted by atomic mass is 79.9. The molecule has 0 spiro atoms. The summed E-state index contributed by atoms with van der Waals surface area (Å²) in [7, 11) is 0. The molecule has 2 amide bonds. The molecule has 4 rings (SSSR count). The molecule has 1 heterocycles. The first kappa shape index (κ1) is 27.3. The van der Waals surface area contributed by atoms with Crippen molar-refractivity contribution in [1.29, 1.82) is 0 Å². The average Bonchev–Trinajstić information content (AvgIpc) is 3.15. The van der Waals surface area contributed by atoms with Crippen molar-refractivity contribution in [3.63, 3.8) is 0 Å². The topological polar surface area (TPSA) is 65.1 Å². The molecule has 37 heavy (non-hydrogen) atoms. The van der Waals surface area contributed by atoms with Crippen molar-refractivity contribution in [3.05, 3.63) is 91.2 Å². The smallest absolute Gasteiger partial charge is 0.293 e. The molecule has 3 aromatic carbocycles. The Bertz CT molecular complexity index is 1330. The zero-order valence-electron chi connectivity index (χ0n) is 20.3. The number of carbonyl (C=O) groups excluding carboxylic acids is 2. The number of amides is 2. The molecule has 0 bridgehead atoms. The van der Waals surface area contributed by atoms with Crippen LogP contribution >= 0.6 is 43.6 Å². The summed E-state index contributed by atoms with van der Waals surface area (Å²) in [6.07, 6.45) is 1.69. The molecule has 1 aliphatic heterocycles. The average molecular weight is 647 g/mol. The standard InChI is InChI=1S/C28H25Br2NO5S/c1-3-34-22-15-20(24(29)25(30)26(22)36-17-19-9-5-4-6-10-19)16-23-27(32)31(28(33)37-23)12-13-35-21-11-7-8-18(2)14-21/h4-11,14-16H,3,12-13,17H2,1-2H3/b23-16-. The Kier molecular flexibility index (Phi) is 9.34. The quantitative estimate of drug-likeness (QED) is 0.211. The molecule has 1 fully saturated rings. The lowest BCUT2D eigenvalue weighted by Crippen LogP contribution is -2.32. The van der Waals surface area contributed by atoms with Gasteiger partial charge in [0, 0.05) is 4.47 Å². The van der Waals surface area contributed by atoms with Crippen molar-refractivity contribution in [2.24, 2.45) is 0 Å². The number of imide groups is 1. The van der Waals surface area contributed by atoms with Crippen LogP contribution in [0.1, 0.15) is 23.6 Å². The fraction of sp³-hybridized carbons (Fsp3) is 0.214. The van der Waals surface area contributed by atoms with Gasteiger partial charge in [-0.05, 0) is 98.4 Å².